The smallest absolute Gasteiger partial charge is 0.308 e. The molecule has 1 rings (SSSR count). The molecule has 1 heterocycles. The third kappa shape index (κ3) is 3.48. The van der Waals surface area contributed by atoms with Gasteiger partial charge in [0.05, 0.1) is 18.4 Å². The van der Waals surface area contributed by atoms with Gasteiger partial charge < -0.3 is 15.2 Å². The van der Waals surface area contributed by atoms with Gasteiger partial charge in [-0.25, -0.2) is 0 Å². The van der Waals surface area contributed by atoms with E-state index < -0.39 is 11.9 Å². The lowest BCUT2D eigenvalue weighted by molar-refractivity contribution is -0.142. The van der Waals surface area contributed by atoms with Crippen LogP contribution in [0.15, 0.2) is 0 Å². The van der Waals surface area contributed by atoms with Crippen LogP contribution in [-0.4, -0.2) is 36.2 Å². The van der Waals surface area contributed by atoms with E-state index in [0.29, 0.717) is 13.2 Å². The van der Waals surface area contributed by atoms with Crippen LogP contribution in [0.2, 0.25) is 0 Å². The van der Waals surface area contributed by atoms with Crippen molar-refractivity contribution in [1.82, 2.24) is 5.32 Å². The summed E-state index contributed by atoms with van der Waals surface area (Å²) in [4.78, 5) is 22.5. The van der Waals surface area contributed by atoms with E-state index in [1.165, 1.54) is 0 Å². The lowest BCUT2D eigenvalue weighted by Crippen LogP contribution is -2.44. The number of hydrogen-bond donors (Lipinski definition) is 2. The number of nitrogens with one attached hydrogen (secondary N) is 1. The van der Waals surface area contributed by atoms with Crippen LogP contribution in [0.5, 0.6) is 0 Å². The second-order valence-electron chi connectivity index (χ2n) is 4.34. The molecule has 92 valence electrons. The first-order chi connectivity index (χ1) is 7.52. The highest BCUT2D eigenvalue weighted by molar-refractivity contribution is 5.80. The van der Waals surface area contributed by atoms with Gasteiger partial charge in [-0.05, 0) is 26.7 Å². The fraction of sp³-hybridized carbons (Fsp3) is 0.818. The number of carboxylic acids is 1. The summed E-state index contributed by atoms with van der Waals surface area (Å²) in [5, 5.41) is 11.5. The highest BCUT2D eigenvalue weighted by Crippen LogP contribution is 2.14. The summed E-state index contributed by atoms with van der Waals surface area (Å²) < 4.78 is 5.22. The summed E-state index contributed by atoms with van der Waals surface area (Å²) in [6, 6.07) is -0.355. The first kappa shape index (κ1) is 13.0. The molecule has 3 atom stereocenters. The van der Waals surface area contributed by atoms with E-state index in [4.69, 9.17) is 9.84 Å². The molecule has 0 aliphatic carbocycles. The topological polar surface area (TPSA) is 75.6 Å². The monoisotopic (exact) mass is 229 g/mol. The van der Waals surface area contributed by atoms with Crippen LogP contribution in [0, 0.1) is 11.8 Å². The maximum atomic E-state index is 11.8. The zero-order chi connectivity index (χ0) is 12.1. The third-order valence-corrected chi connectivity index (χ3v) is 3.04. The number of rotatable bonds is 4. The molecular formula is C11H19NO4. The Hall–Kier alpha value is -1.10. The molecule has 0 aromatic carbocycles. The average molecular weight is 229 g/mol. The highest BCUT2D eigenvalue weighted by Gasteiger charge is 2.26. The molecule has 0 radical (unpaired) electrons. The Kier molecular flexibility index (Phi) is 4.73. The molecule has 0 aromatic rings. The van der Waals surface area contributed by atoms with Gasteiger partial charge in [-0.2, -0.15) is 0 Å². The summed E-state index contributed by atoms with van der Waals surface area (Å²) in [5.74, 6) is -1.70. The molecule has 0 spiro atoms. The minimum Gasteiger partial charge on any atom is -0.481 e. The van der Waals surface area contributed by atoms with E-state index in [0.717, 1.165) is 12.8 Å². The van der Waals surface area contributed by atoms with Crippen molar-refractivity contribution < 1.29 is 19.4 Å². The van der Waals surface area contributed by atoms with E-state index in [1.807, 2.05) is 0 Å². The number of carboxylic acid groups (broad SMARTS) is 1. The van der Waals surface area contributed by atoms with E-state index in [-0.39, 0.29) is 17.9 Å². The fourth-order valence-electron chi connectivity index (χ4n) is 1.63. The van der Waals surface area contributed by atoms with Gasteiger partial charge >= 0.3 is 5.97 Å². The van der Waals surface area contributed by atoms with Gasteiger partial charge in [0.25, 0.3) is 0 Å². The van der Waals surface area contributed by atoms with Crippen molar-refractivity contribution in [1.29, 1.82) is 0 Å². The van der Waals surface area contributed by atoms with Gasteiger partial charge in [0.2, 0.25) is 5.91 Å². The summed E-state index contributed by atoms with van der Waals surface area (Å²) in [7, 11) is 0. The van der Waals surface area contributed by atoms with Crippen molar-refractivity contribution in [2.75, 3.05) is 13.2 Å². The SMILES string of the molecule is CC(NC(=O)C1CCCOC1)C(C)C(=O)O. The van der Waals surface area contributed by atoms with Gasteiger partial charge in [0, 0.05) is 12.6 Å². The van der Waals surface area contributed by atoms with Gasteiger partial charge in [0.15, 0.2) is 0 Å². The lowest BCUT2D eigenvalue weighted by atomic mass is 9.99. The molecule has 2 N–H and O–H groups in total. The molecule has 0 aromatic heterocycles. The average Bonchev–Trinajstić information content (AvgIpc) is 2.28. The largest absolute Gasteiger partial charge is 0.481 e. The van der Waals surface area contributed by atoms with Crippen LogP contribution < -0.4 is 5.32 Å². The van der Waals surface area contributed by atoms with Crippen LogP contribution in [-0.2, 0) is 14.3 Å². The third-order valence-electron chi connectivity index (χ3n) is 3.04. The highest BCUT2D eigenvalue weighted by atomic mass is 16.5. The zero-order valence-corrected chi connectivity index (χ0v) is 9.73. The lowest BCUT2D eigenvalue weighted by Gasteiger charge is -2.24. The number of aliphatic carboxylic acids is 1. The van der Waals surface area contributed by atoms with Crippen LogP contribution in [0.1, 0.15) is 26.7 Å². The van der Waals surface area contributed by atoms with Crippen molar-refractivity contribution >= 4 is 11.9 Å². The number of carbonyl (C=O) groups excluding carboxylic acids is 1. The molecule has 0 saturated carbocycles. The molecule has 16 heavy (non-hydrogen) atoms. The molecule has 0 bridgehead atoms. The molecule has 1 saturated heterocycles. The van der Waals surface area contributed by atoms with Crippen molar-refractivity contribution in [2.24, 2.45) is 11.8 Å². The predicted octanol–water partition coefficient (Wildman–Crippen LogP) is 0.638. The minimum absolute atomic E-state index is 0.0969. The number of hydrogen-bond acceptors (Lipinski definition) is 3. The molecule has 1 fully saturated rings. The standard InChI is InChI=1S/C11H19NO4/c1-7(11(14)15)8(2)12-10(13)9-4-3-5-16-6-9/h7-9H,3-6H2,1-2H3,(H,12,13)(H,14,15). The quantitative estimate of drug-likeness (QED) is 0.741. The zero-order valence-electron chi connectivity index (χ0n) is 9.73. The van der Waals surface area contributed by atoms with Crippen LogP contribution in [0.25, 0.3) is 0 Å². The summed E-state index contributed by atoms with van der Waals surface area (Å²) in [5.41, 5.74) is 0. The second-order valence-corrected chi connectivity index (χ2v) is 4.34. The molecule has 5 heteroatoms. The van der Waals surface area contributed by atoms with Crippen molar-refractivity contribution in [3.63, 3.8) is 0 Å². The summed E-state index contributed by atoms with van der Waals surface area (Å²) >= 11 is 0. The number of amides is 1. The van der Waals surface area contributed by atoms with Crippen molar-refractivity contribution in [3.05, 3.63) is 0 Å². The first-order valence-corrected chi connectivity index (χ1v) is 5.63. The number of ether oxygens (including phenoxy) is 1. The van der Waals surface area contributed by atoms with E-state index in [1.54, 1.807) is 13.8 Å². The Balaban J connectivity index is 2.40. The minimum atomic E-state index is -0.896. The normalized spacial score (nSPS) is 24.5. The van der Waals surface area contributed by atoms with Crippen LogP contribution in [0.4, 0.5) is 0 Å². The maximum absolute atomic E-state index is 11.8. The molecule has 1 aliphatic rings. The van der Waals surface area contributed by atoms with Gasteiger partial charge in [-0.3, -0.25) is 9.59 Å². The molecule has 1 aliphatic heterocycles. The van der Waals surface area contributed by atoms with Crippen molar-refractivity contribution in [3.8, 4) is 0 Å². The second kappa shape index (κ2) is 5.84. The Bertz CT molecular complexity index is 261. The summed E-state index contributed by atoms with van der Waals surface area (Å²) in [6.07, 6.45) is 1.71. The Morgan fingerprint density at radius 2 is 2.12 bits per heavy atom. The number of carbonyl (C=O) groups is 2. The molecule has 1 amide bonds. The fourth-order valence-corrected chi connectivity index (χ4v) is 1.63. The van der Waals surface area contributed by atoms with E-state index in [9.17, 15) is 9.59 Å². The Labute approximate surface area is 95.2 Å². The van der Waals surface area contributed by atoms with Crippen LogP contribution in [0.3, 0.4) is 0 Å². The predicted molar refractivity (Wildman–Crippen MR) is 57.9 cm³/mol. The van der Waals surface area contributed by atoms with Gasteiger partial charge in [-0.1, -0.05) is 0 Å². The maximum Gasteiger partial charge on any atom is 0.308 e. The van der Waals surface area contributed by atoms with E-state index in [2.05, 4.69) is 5.32 Å². The Morgan fingerprint density at radius 1 is 1.44 bits per heavy atom. The van der Waals surface area contributed by atoms with Crippen molar-refractivity contribution in [2.45, 2.75) is 32.7 Å². The molecule has 5 nitrogen and oxygen atoms in total. The van der Waals surface area contributed by atoms with E-state index >= 15 is 0 Å². The summed E-state index contributed by atoms with van der Waals surface area (Å²) in [6.45, 7) is 4.45. The molecule has 3 unspecified atom stereocenters. The molecular weight excluding hydrogens is 210 g/mol. The first-order valence-electron chi connectivity index (χ1n) is 5.63. The van der Waals surface area contributed by atoms with Gasteiger partial charge in [0.1, 0.15) is 0 Å². The van der Waals surface area contributed by atoms with Crippen LogP contribution >= 0.6 is 0 Å². The Morgan fingerprint density at radius 3 is 2.62 bits per heavy atom. The van der Waals surface area contributed by atoms with Gasteiger partial charge in [-0.15, -0.1) is 0 Å².